The maximum Gasteiger partial charge on any atom is 0.407 e. The van der Waals surface area contributed by atoms with Gasteiger partial charge in [-0.2, -0.15) is 0 Å². The highest BCUT2D eigenvalue weighted by molar-refractivity contribution is 5.76. The molecule has 0 aliphatic carbocycles. The van der Waals surface area contributed by atoms with Crippen LogP contribution in [0.4, 0.5) is 4.79 Å². The molecule has 1 aliphatic rings. The smallest absolute Gasteiger partial charge is 0.407 e. The van der Waals surface area contributed by atoms with Gasteiger partial charge in [0.1, 0.15) is 23.2 Å². The van der Waals surface area contributed by atoms with Crippen molar-refractivity contribution in [3.05, 3.63) is 23.3 Å². The molecule has 0 radical (unpaired) electrons. The van der Waals surface area contributed by atoms with E-state index in [2.05, 4.69) is 10.6 Å². The van der Waals surface area contributed by atoms with Gasteiger partial charge in [-0.1, -0.05) is 0 Å². The third kappa shape index (κ3) is 6.94. The summed E-state index contributed by atoms with van der Waals surface area (Å²) in [6.07, 6.45) is 1.41. The summed E-state index contributed by atoms with van der Waals surface area (Å²) in [5.74, 6) is 1.57. The van der Waals surface area contributed by atoms with E-state index in [1.165, 1.54) is 0 Å². The van der Waals surface area contributed by atoms with Crippen molar-refractivity contribution in [2.75, 3.05) is 13.2 Å². The van der Waals surface area contributed by atoms with E-state index in [0.717, 1.165) is 29.0 Å². The third-order valence-corrected chi connectivity index (χ3v) is 4.10. The normalized spacial score (nSPS) is 15.4. The fraction of sp³-hybridized carbons (Fsp3) is 0.619. The zero-order chi connectivity index (χ0) is 20.7. The van der Waals surface area contributed by atoms with Crippen molar-refractivity contribution >= 4 is 12.0 Å². The zero-order valence-electron chi connectivity index (χ0n) is 17.5. The lowest BCUT2D eigenvalue weighted by Gasteiger charge is -2.19. The van der Waals surface area contributed by atoms with Crippen molar-refractivity contribution < 1.29 is 23.8 Å². The number of carbonyl (C=O) groups excluding carboxylic acids is 2. The van der Waals surface area contributed by atoms with Crippen LogP contribution in [0.25, 0.3) is 0 Å². The monoisotopic (exact) mass is 392 g/mol. The molecule has 0 fully saturated rings. The Labute approximate surface area is 167 Å². The van der Waals surface area contributed by atoms with Gasteiger partial charge >= 0.3 is 6.09 Å². The number of amides is 2. The second-order valence-electron chi connectivity index (χ2n) is 7.94. The molecule has 2 N–H and O–H groups in total. The zero-order valence-corrected chi connectivity index (χ0v) is 17.5. The number of alkyl carbamates (subject to hydrolysis) is 1. The van der Waals surface area contributed by atoms with E-state index in [-0.39, 0.29) is 12.0 Å². The maximum absolute atomic E-state index is 12.1. The Morgan fingerprint density at radius 3 is 2.68 bits per heavy atom. The van der Waals surface area contributed by atoms with E-state index in [1.807, 2.05) is 26.0 Å². The lowest BCUT2D eigenvalue weighted by molar-refractivity contribution is -0.121. The molecule has 2 amide bonds. The Hall–Kier alpha value is -2.44. The number of fused-ring (bicyclic) bond motifs is 1. The summed E-state index contributed by atoms with van der Waals surface area (Å²) < 4.78 is 16.7. The molecular formula is C21H32N2O5. The van der Waals surface area contributed by atoms with Gasteiger partial charge in [0.25, 0.3) is 0 Å². The number of hydrogen-bond acceptors (Lipinski definition) is 5. The number of carbonyl (C=O) groups is 2. The van der Waals surface area contributed by atoms with E-state index in [0.29, 0.717) is 32.5 Å². The highest BCUT2D eigenvalue weighted by atomic mass is 16.6. The van der Waals surface area contributed by atoms with Gasteiger partial charge in [-0.3, -0.25) is 4.79 Å². The highest BCUT2D eigenvalue weighted by Crippen LogP contribution is 2.35. The first-order valence-electron chi connectivity index (χ1n) is 9.86. The fourth-order valence-corrected chi connectivity index (χ4v) is 2.95. The van der Waals surface area contributed by atoms with Gasteiger partial charge in [-0.25, -0.2) is 4.79 Å². The molecular weight excluding hydrogens is 360 g/mol. The van der Waals surface area contributed by atoms with Gasteiger partial charge in [-0.15, -0.1) is 0 Å². The van der Waals surface area contributed by atoms with Gasteiger partial charge < -0.3 is 24.8 Å². The largest absolute Gasteiger partial charge is 0.494 e. The van der Waals surface area contributed by atoms with Crippen molar-refractivity contribution in [1.29, 1.82) is 0 Å². The molecule has 1 heterocycles. The van der Waals surface area contributed by atoms with Gasteiger partial charge in [0, 0.05) is 37.1 Å². The van der Waals surface area contributed by atoms with Crippen molar-refractivity contribution in [3.63, 3.8) is 0 Å². The first kappa shape index (κ1) is 21.9. The summed E-state index contributed by atoms with van der Waals surface area (Å²) in [7, 11) is 0. The van der Waals surface area contributed by atoms with E-state index < -0.39 is 11.7 Å². The molecule has 0 bridgehead atoms. The summed E-state index contributed by atoms with van der Waals surface area (Å²) in [6.45, 7) is 10.7. The van der Waals surface area contributed by atoms with Gasteiger partial charge in [0.05, 0.1) is 6.61 Å². The van der Waals surface area contributed by atoms with Crippen molar-refractivity contribution in [2.24, 2.45) is 0 Å². The Morgan fingerprint density at radius 1 is 1.25 bits per heavy atom. The number of benzene rings is 1. The number of rotatable bonds is 8. The predicted molar refractivity (Wildman–Crippen MR) is 107 cm³/mol. The second kappa shape index (κ2) is 9.66. The average molecular weight is 392 g/mol. The Bertz CT molecular complexity index is 697. The van der Waals surface area contributed by atoms with E-state index in [1.54, 1.807) is 20.8 Å². The standard InChI is InChI=1S/C21H32N2O5/c1-6-26-17-11-15-10-14(2)27-18(15)12-16(17)13-23-19(24)8-7-9-22-20(25)28-21(3,4)5/h11-12,14H,6-10,13H2,1-5H3,(H,22,25)(H,23,24)/t14-/m1/s1. The first-order chi connectivity index (χ1) is 13.2. The van der Waals surface area contributed by atoms with Crippen LogP contribution < -0.4 is 20.1 Å². The van der Waals surface area contributed by atoms with Crippen LogP contribution in [-0.2, 0) is 22.5 Å². The fourth-order valence-electron chi connectivity index (χ4n) is 2.95. The van der Waals surface area contributed by atoms with Crippen molar-refractivity contribution in [2.45, 2.75) is 72.1 Å². The summed E-state index contributed by atoms with van der Waals surface area (Å²) >= 11 is 0. The number of nitrogens with one attached hydrogen (secondary N) is 2. The molecule has 1 aliphatic heterocycles. The lowest BCUT2D eigenvalue weighted by Crippen LogP contribution is -2.33. The van der Waals surface area contributed by atoms with Crippen LogP contribution in [0.2, 0.25) is 0 Å². The van der Waals surface area contributed by atoms with Crippen molar-refractivity contribution in [1.82, 2.24) is 10.6 Å². The van der Waals surface area contributed by atoms with Crippen LogP contribution in [0.5, 0.6) is 11.5 Å². The van der Waals surface area contributed by atoms with Crippen molar-refractivity contribution in [3.8, 4) is 11.5 Å². The van der Waals surface area contributed by atoms with Crippen LogP contribution in [0.3, 0.4) is 0 Å². The minimum Gasteiger partial charge on any atom is -0.494 e. The molecule has 0 saturated heterocycles. The first-order valence-corrected chi connectivity index (χ1v) is 9.86. The van der Waals surface area contributed by atoms with E-state index >= 15 is 0 Å². The van der Waals surface area contributed by atoms with Crippen LogP contribution in [0, 0.1) is 0 Å². The van der Waals surface area contributed by atoms with Gasteiger partial charge in [0.2, 0.25) is 5.91 Å². The number of ether oxygens (including phenoxy) is 3. The Balaban J connectivity index is 1.78. The molecule has 1 aromatic carbocycles. The molecule has 0 spiro atoms. The molecule has 0 unspecified atom stereocenters. The summed E-state index contributed by atoms with van der Waals surface area (Å²) in [5, 5.41) is 5.56. The molecule has 156 valence electrons. The topological polar surface area (TPSA) is 85.9 Å². The molecule has 0 aromatic heterocycles. The summed E-state index contributed by atoms with van der Waals surface area (Å²) in [5.41, 5.74) is 1.51. The molecule has 1 aromatic rings. The molecule has 28 heavy (non-hydrogen) atoms. The second-order valence-corrected chi connectivity index (χ2v) is 7.94. The molecule has 7 nitrogen and oxygen atoms in total. The predicted octanol–water partition coefficient (Wildman–Crippen LogP) is 3.33. The molecule has 7 heteroatoms. The summed E-state index contributed by atoms with van der Waals surface area (Å²) in [6, 6.07) is 3.96. The lowest BCUT2D eigenvalue weighted by atomic mass is 10.1. The maximum atomic E-state index is 12.1. The SMILES string of the molecule is CCOc1cc2c(cc1CNC(=O)CCCNC(=O)OC(C)(C)C)O[C@H](C)C2. The molecule has 1 atom stereocenters. The van der Waals surface area contributed by atoms with E-state index in [4.69, 9.17) is 14.2 Å². The van der Waals surface area contributed by atoms with Gasteiger partial charge in [0.15, 0.2) is 0 Å². The average Bonchev–Trinajstić information content (AvgIpc) is 2.94. The number of hydrogen-bond donors (Lipinski definition) is 2. The minimum atomic E-state index is -0.531. The molecule has 0 saturated carbocycles. The highest BCUT2D eigenvalue weighted by Gasteiger charge is 2.22. The Morgan fingerprint density at radius 2 is 2.00 bits per heavy atom. The van der Waals surface area contributed by atoms with Crippen LogP contribution in [0.1, 0.15) is 58.6 Å². The third-order valence-electron chi connectivity index (χ3n) is 4.10. The van der Waals surface area contributed by atoms with Gasteiger partial charge in [-0.05, 0) is 53.2 Å². The van der Waals surface area contributed by atoms with E-state index in [9.17, 15) is 9.59 Å². The summed E-state index contributed by atoms with van der Waals surface area (Å²) in [4.78, 5) is 23.7. The van der Waals surface area contributed by atoms with Crippen LogP contribution in [-0.4, -0.2) is 36.9 Å². The molecule has 2 rings (SSSR count). The quantitative estimate of drug-likeness (QED) is 0.663. The van der Waals surface area contributed by atoms with Crippen LogP contribution in [0.15, 0.2) is 12.1 Å². The Kier molecular flexibility index (Phi) is 7.54. The minimum absolute atomic E-state index is 0.0803. The van der Waals surface area contributed by atoms with Crippen LogP contribution >= 0.6 is 0 Å².